The Bertz CT molecular complexity index is 544. The first kappa shape index (κ1) is 14.0. The number of amidine groups is 1. The zero-order valence-corrected chi connectivity index (χ0v) is 11.6. The molecule has 0 aromatic carbocycles. The molecule has 1 saturated carbocycles. The molecule has 2 rings (SSSR count). The lowest BCUT2D eigenvalue weighted by atomic mass is 9.77. The van der Waals surface area contributed by atoms with Crippen LogP contribution in [0.4, 0.5) is 0 Å². The molecule has 106 valence electrons. The van der Waals surface area contributed by atoms with Gasteiger partial charge in [0.2, 0.25) is 0 Å². The lowest BCUT2D eigenvalue weighted by Gasteiger charge is -2.38. The van der Waals surface area contributed by atoms with Crippen molar-refractivity contribution >= 4 is 15.9 Å². The summed E-state index contributed by atoms with van der Waals surface area (Å²) >= 11 is 0. The fourth-order valence-electron chi connectivity index (χ4n) is 2.39. The van der Waals surface area contributed by atoms with Gasteiger partial charge in [-0.2, -0.15) is 9.82 Å². The minimum Gasteiger partial charge on any atom is -0.386 e. The van der Waals surface area contributed by atoms with Crippen molar-refractivity contribution in [3.63, 3.8) is 0 Å². The summed E-state index contributed by atoms with van der Waals surface area (Å²) in [4.78, 5) is 0. The molecule has 0 unspecified atom stereocenters. The summed E-state index contributed by atoms with van der Waals surface area (Å²) in [6.45, 7) is 2.12. The highest BCUT2D eigenvalue weighted by molar-refractivity contribution is 7.89. The molecule has 0 bridgehead atoms. The largest absolute Gasteiger partial charge is 0.386 e. The first-order valence-corrected chi connectivity index (χ1v) is 7.72. The predicted octanol–water partition coefficient (Wildman–Crippen LogP) is 0.573. The molecule has 5 N–H and O–H groups in total. The van der Waals surface area contributed by atoms with Crippen LogP contribution in [0.25, 0.3) is 0 Å². The Morgan fingerprint density at radius 3 is 2.68 bits per heavy atom. The molecular formula is C11H19N5O2S. The Morgan fingerprint density at radius 2 is 2.21 bits per heavy atom. The van der Waals surface area contributed by atoms with Gasteiger partial charge in [0, 0.05) is 0 Å². The molecule has 1 aromatic heterocycles. The van der Waals surface area contributed by atoms with Gasteiger partial charge >= 0.3 is 0 Å². The highest BCUT2D eigenvalue weighted by atomic mass is 32.2. The second kappa shape index (κ2) is 4.93. The maximum atomic E-state index is 12.2. The summed E-state index contributed by atoms with van der Waals surface area (Å²) in [5.74, 6) is 0.409. The van der Waals surface area contributed by atoms with Crippen molar-refractivity contribution < 1.29 is 8.42 Å². The van der Waals surface area contributed by atoms with Crippen LogP contribution in [-0.2, 0) is 10.0 Å². The monoisotopic (exact) mass is 285 g/mol. The minimum atomic E-state index is -3.73. The number of nitrogens with one attached hydrogen (secondary N) is 3. The maximum absolute atomic E-state index is 12.2. The first-order valence-electron chi connectivity index (χ1n) is 6.24. The van der Waals surface area contributed by atoms with Crippen LogP contribution in [0.2, 0.25) is 0 Å². The molecule has 1 aliphatic rings. The average molecular weight is 285 g/mol. The van der Waals surface area contributed by atoms with Gasteiger partial charge in [-0.3, -0.25) is 10.5 Å². The highest BCUT2D eigenvalue weighted by Gasteiger charge is 2.41. The Hall–Kier alpha value is -1.41. The highest BCUT2D eigenvalue weighted by Crippen LogP contribution is 2.33. The van der Waals surface area contributed by atoms with E-state index in [1.54, 1.807) is 0 Å². The molecule has 19 heavy (non-hydrogen) atoms. The number of aromatic nitrogens is 2. The summed E-state index contributed by atoms with van der Waals surface area (Å²) in [7, 11) is -3.73. The Kier molecular flexibility index (Phi) is 3.64. The van der Waals surface area contributed by atoms with E-state index in [0.717, 1.165) is 12.8 Å². The molecule has 7 nitrogen and oxygen atoms in total. The summed E-state index contributed by atoms with van der Waals surface area (Å²) in [6.07, 6.45) is 4.18. The fraction of sp³-hybridized carbons (Fsp3) is 0.636. The van der Waals surface area contributed by atoms with Crippen LogP contribution in [0.3, 0.4) is 0 Å². The summed E-state index contributed by atoms with van der Waals surface area (Å²) in [6, 6.07) is 1.38. The Labute approximate surface area is 112 Å². The van der Waals surface area contributed by atoms with Crippen LogP contribution in [0.1, 0.15) is 32.6 Å². The van der Waals surface area contributed by atoms with Crippen molar-refractivity contribution in [1.29, 1.82) is 5.41 Å². The molecule has 1 aromatic rings. The van der Waals surface area contributed by atoms with Gasteiger partial charge in [0.05, 0.1) is 11.7 Å². The van der Waals surface area contributed by atoms with Crippen molar-refractivity contribution in [3.8, 4) is 0 Å². The van der Waals surface area contributed by atoms with Crippen molar-refractivity contribution in [3.05, 3.63) is 12.3 Å². The van der Waals surface area contributed by atoms with E-state index in [2.05, 4.69) is 21.8 Å². The number of sulfonamides is 1. The molecule has 1 heterocycles. The van der Waals surface area contributed by atoms with Gasteiger partial charge in [0.15, 0.2) is 5.03 Å². The van der Waals surface area contributed by atoms with Gasteiger partial charge in [-0.05, 0) is 37.7 Å². The number of hydrogen-bond acceptors (Lipinski definition) is 4. The molecule has 0 spiro atoms. The third-order valence-electron chi connectivity index (χ3n) is 3.74. The first-order chi connectivity index (χ1) is 8.86. The summed E-state index contributed by atoms with van der Waals surface area (Å²) in [5.41, 5.74) is 4.68. The van der Waals surface area contributed by atoms with E-state index >= 15 is 0 Å². The summed E-state index contributed by atoms with van der Waals surface area (Å²) < 4.78 is 27.0. The molecule has 0 radical (unpaired) electrons. The molecule has 8 heteroatoms. The minimum absolute atomic E-state index is 0.00764. The zero-order chi connectivity index (χ0) is 14.1. The quantitative estimate of drug-likeness (QED) is 0.477. The van der Waals surface area contributed by atoms with Gasteiger partial charge in [-0.25, -0.2) is 8.42 Å². The van der Waals surface area contributed by atoms with E-state index in [4.69, 9.17) is 11.1 Å². The van der Waals surface area contributed by atoms with Crippen LogP contribution >= 0.6 is 0 Å². The lowest BCUT2D eigenvalue weighted by Crippen LogP contribution is -2.58. The molecule has 1 fully saturated rings. The number of rotatable bonds is 4. The smallest absolute Gasteiger partial charge is 0.258 e. The van der Waals surface area contributed by atoms with Crippen LogP contribution in [0, 0.1) is 11.3 Å². The molecule has 0 aliphatic heterocycles. The predicted molar refractivity (Wildman–Crippen MR) is 71.2 cm³/mol. The van der Waals surface area contributed by atoms with E-state index in [1.165, 1.54) is 12.3 Å². The van der Waals surface area contributed by atoms with Gasteiger partial charge in [-0.15, -0.1) is 0 Å². The van der Waals surface area contributed by atoms with Gasteiger partial charge in [-0.1, -0.05) is 6.92 Å². The van der Waals surface area contributed by atoms with Crippen molar-refractivity contribution in [2.24, 2.45) is 11.7 Å². The van der Waals surface area contributed by atoms with Crippen LogP contribution in [-0.4, -0.2) is 30.0 Å². The number of nitrogens with two attached hydrogens (primary N) is 1. The number of nitrogens with zero attached hydrogens (tertiary/aromatic N) is 1. The molecule has 0 atom stereocenters. The van der Waals surface area contributed by atoms with Crippen molar-refractivity contribution in [2.75, 3.05) is 0 Å². The van der Waals surface area contributed by atoms with E-state index < -0.39 is 15.6 Å². The lowest BCUT2D eigenvalue weighted by molar-refractivity contribution is 0.285. The summed E-state index contributed by atoms with van der Waals surface area (Å²) in [5, 5.41) is 13.8. The van der Waals surface area contributed by atoms with E-state index in [0.29, 0.717) is 18.8 Å². The Balaban J connectivity index is 2.25. The standard InChI is InChI=1S/C11H19N5O2S/c1-8-2-5-11(6-3-8,10(12)13)16-19(17,18)9-4-7-14-15-9/h4,7-8,16H,2-3,5-6H2,1H3,(H3,12,13)(H,14,15). The second-order valence-corrected chi connectivity index (χ2v) is 6.86. The molecular weight excluding hydrogens is 266 g/mol. The second-order valence-electron chi connectivity index (χ2n) is 5.20. The topological polar surface area (TPSA) is 125 Å². The molecule has 1 aliphatic carbocycles. The number of hydrogen-bond donors (Lipinski definition) is 4. The third kappa shape index (κ3) is 2.79. The maximum Gasteiger partial charge on any atom is 0.258 e. The van der Waals surface area contributed by atoms with E-state index in [-0.39, 0.29) is 10.9 Å². The average Bonchev–Trinajstić information content (AvgIpc) is 2.86. The van der Waals surface area contributed by atoms with Crippen LogP contribution in [0.15, 0.2) is 17.3 Å². The number of H-pyrrole nitrogens is 1. The molecule has 0 amide bonds. The van der Waals surface area contributed by atoms with Gasteiger partial charge < -0.3 is 5.73 Å². The third-order valence-corrected chi connectivity index (χ3v) is 5.20. The van der Waals surface area contributed by atoms with Crippen molar-refractivity contribution in [1.82, 2.24) is 14.9 Å². The molecule has 0 saturated heterocycles. The zero-order valence-electron chi connectivity index (χ0n) is 10.8. The normalized spacial score (nSPS) is 28.2. The van der Waals surface area contributed by atoms with Gasteiger partial charge in [0.1, 0.15) is 5.84 Å². The van der Waals surface area contributed by atoms with E-state index in [9.17, 15) is 8.42 Å². The SMILES string of the molecule is CC1CCC(NS(=O)(=O)c2ccn[nH]2)(C(=N)N)CC1. The number of aromatic amines is 1. The van der Waals surface area contributed by atoms with Crippen molar-refractivity contribution in [2.45, 2.75) is 43.2 Å². The fourth-order valence-corrected chi connectivity index (χ4v) is 3.74. The van der Waals surface area contributed by atoms with E-state index in [1.807, 2.05) is 0 Å². The Morgan fingerprint density at radius 1 is 1.58 bits per heavy atom. The van der Waals surface area contributed by atoms with Crippen LogP contribution in [0.5, 0.6) is 0 Å². The van der Waals surface area contributed by atoms with Gasteiger partial charge in [0.25, 0.3) is 10.0 Å². The van der Waals surface area contributed by atoms with Crippen LogP contribution < -0.4 is 10.5 Å².